The summed E-state index contributed by atoms with van der Waals surface area (Å²) in [5.41, 5.74) is 5.52. The molecule has 20 heteroatoms. The van der Waals surface area contributed by atoms with Gasteiger partial charge in [-0.15, -0.1) is 23.1 Å². The Bertz CT molecular complexity index is 1850. The maximum atomic E-state index is 13.6. The van der Waals surface area contributed by atoms with E-state index in [-0.39, 0.29) is 22.1 Å². The topological polar surface area (TPSA) is 254 Å². The molecule has 8 N–H and O–H groups in total. The second kappa shape index (κ2) is 14.2. The highest BCUT2D eigenvalue weighted by Gasteiger charge is 2.56. The molecule has 6 rings (SSSR count). The summed E-state index contributed by atoms with van der Waals surface area (Å²) in [7, 11) is 2.18. The third-order valence-corrected chi connectivity index (χ3v) is 12.4. The Morgan fingerprint density at radius 1 is 1.18 bits per heavy atom. The van der Waals surface area contributed by atoms with E-state index in [1.54, 1.807) is 0 Å². The number of anilines is 1. The summed E-state index contributed by atoms with van der Waals surface area (Å²) in [6.45, 7) is -0.142. The molecule has 0 saturated carbocycles. The number of nitrogens with one attached hydrogen (secondary N) is 2. The molecule has 272 valence electrons. The number of nitrogen functional groups attached to an aromatic ring is 1. The number of rotatable bonds is 12. The van der Waals surface area contributed by atoms with Gasteiger partial charge >= 0.3 is 11.9 Å². The van der Waals surface area contributed by atoms with E-state index < -0.39 is 76.0 Å². The number of oxime groups is 1. The number of aromatic nitrogens is 1. The Morgan fingerprint density at radius 3 is 2.51 bits per heavy atom. The molecule has 3 saturated heterocycles. The Kier molecular flexibility index (Phi) is 10.1. The SMILES string of the molecule is C[N+]1(CC2=C(C(=O)O)N3C(=O)[C@@H](NC(=O)/C(=N\O[C@@H](CNC(=O)c4ccc(O)c(O)c4Cl)C(=O)O)c4csc(N)n4)[C@H]3SC2)C2CCCC1CC2. The highest BCUT2D eigenvalue weighted by Crippen LogP contribution is 2.45. The fourth-order valence-electron chi connectivity index (χ4n) is 7.32. The van der Waals surface area contributed by atoms with Gasteiger partial charge in [0, 0.05) is 29.5 Å². The number of likely N-dealkylation sites (N-methyl/N-ethyl adjacent to an activating group) is 1. The molecule has 5 heterocycles. The van der Waals surface area contributed by atoms with Crippen LogP contribution in [0.15, 0.2) is 33.9 Å². The molecule has 3 fully saturated rings. The van der Waals surface area contributed by atoms with Crippen molar-refractivity contribution in [2.45, 2.75) is 61.7 Å². The zero-order valence-electron chi connectivity index (χ0n) is 27.1. The lowest BCUT2D eigenvalue weighted by Crippen LogP contribution is -2.71. The highest BCUT2D eigenvalue weighted by molar-refractivity contribution is 8.00. The first-order chi connectivity index (χ1) is 24.2. The molecule has 51 heavy (non-hydrogen) atoms. The van der Waals surface area contributed by atoms with E-state index >= 15 is 0 Å². The number of piperidine rings is 1. The summed E-state index contributed by atoms with van der Waals surface area (Å²) in [6, 6.07) is 1.91. The van der Waals surface area contributed by atoms with Crippen LogP contribution in [0.3, 0.4) is 0 Å². The first-order valence-electron chi connectivity index (χ1n) is 15.9. The molecule has 17 nitrogen and oxygen atoms in total. The maximum Gasteiger partial charge on any atom is 0.352 e. The number of aliphatic carboxylic acids is 2. The predicted molar refractivity (Wildman–Crippen MR) is 184 cm³/mol. The molecule has 3 amide bonds. The van der Waals surface area contributed by atoms with Gasteiger partial charge in [-0.3, -0.25) is 19.3 Å². The Labute approximate surface area is 303 Å². The maximum absolute atomic E-state index is 13.6. The monoisotopic (exact) mass is 764 g/mol. The lowest BCUT2D eigenvalue weighted by Gasteiger charge is -2.51. The molecule has 2 aromatic rings. The van der Waals surface area contributed by atoms with Crippen molar-refractivity contribution in [1.82, 2.24) is 20.5 Å². The number of hydrogen-bond acceptors (Lipinski definition) is 13. The number of carboxylic acid groups (broad SMARTS) is 2. The molecule has 0 radical (unpaired) electrons. The van der Waals surface area contributed by atoms with E-state index in [2.05, 4.69) is 27.8 Å². The van der Waals surface area contributed by atoms with Gasteiger partial charge in [0.15, 0.2) is 22.3 Å². The van der Waals surface area contributed by atoms with Gasteiger partial charge in [0.25, 0.3) is 17.7 Å². The fraction of sp³-hybridized carbons (Fsp3) is 0.452. The first kappa shape index (κ1) is 36.2. The molecule has 2 bridgehead atoms. The number of halogens is 1. The summed E-state index contributed by atoms with van der Waals surface area (Å²) < 4.78 is 0.769. The van der Waals surface area contributed by atoms with Crippen LogP contribution >= 0.6 is 34.7 Å². The minimum Gasteiger partial charge on any atom is -0.504 e. The van der Waals surface area contributed by atoms with Crippen molar-refractivity contribution in [2.24, 2.45) is 5.16 Å². The molecule has 1 aromatic carbocycles. The number of nitrogens with zero attached hydrogens (tertiary/aromatic N) is 4. The van der Waals surface area contributed by atoms with Gasteiger partial charge in [0.1, 0.15) is 29.4 Å². The number of hydrogen-bond donors (Lipinski definition) is 7. The number of quaternary nitrogens is 1. The number of carbonyl (C=O) groups excluding carboxylic acids is 3. The predicted octanol–water partition coefficient (Wildman–Crippen LogP) is 1.29. The van der Waals surface area contributed by atoms with Crippen LogP contribution in [-0.2, 0) is 24.0 Å². The minimum atomic E-state index is -1.84. The average Bonchev–Trinajstić information content (AvgIpc) is 3.53. The van der Waals surface area contributed by atoms with E-state index in [1.807, 2.05) is 0 Å². The number of aromatic hydroxyl groups is 2. The summed E-state index contributed by atoms with van der Waals surface area (Å²) in [6.07, 6.45) is 3.71. The second-order valence-electron chi connectivity index (χ2n) is 12.9. The van der Waals surface area contributed by atoms with Crippen molar-refractivity contribution in [3.05, 3.63) is 45.1 Å². The number of phenols is 2. The largest absolute Gasteiger partial charge is 0.504 e. The zero-order valence-corrected chi connectivity index (χ0v) is 29.5. The van der Waals surface area contributed by atoms with Crippen LogP contribution in [0, 0.1) is 0 Å². The number of benzene rings is 1. The van der Waals surface area contributed by atoms with Crippen LogP contribution in [0.2, 0.25) is 5.02 Å². The van der Waals surface area contributed by atoms with Gasteiger partial charge in [0.2, 0.25) is 6.10 Å². The lowest BCUT2D eigenvalue weighted by atomic mass is 9.97. The summed E-state index contributed by atoms with van der Waals surface area (Å²) in [4.78, 5) is 74.7. The quantitative estimate of drug-likeness (QED) is 0.0530. The van der Waals surface area contributed by atoms with Crippen molar-refractivity contribution in [2.75, 3.05) is 31.6 Å². The van der Waals surface area contributed by atoms with Crippen LogP contribution in [0.4, 0.5) is 5.13 Å². The van der Waals surface area contributed by atoms with Crippen LogP contribution < -0.4 is 16.4 Å². The Hall–Kier alpha value is -4.59. The molecule has 5 atom stereocenters. The van der Waals surface area contributed by atoms with Crippen LogP contribution in [0.1, 0.15) is 48.2 Å². The van der Waals surface area contributed by atoms with Crippen molar-refractivity contribution < 1.29 is 53.7 Å². The molecule has 4 aliphatic heterocycles. The van der Waals surface area contributed by atoms with Gasteiger partial charge in [-0.05, 0) is 31.4 Å². The third-order valence-electron chi connectivity index (χ3n) is 9.96. The number of nitrogens with two attached hydrogens (primary N) is 1. The molecule has 1 aromatic heterocycles. The Morgan fingerprint density at radius 2 is 1.88 bits per heavy atom. The highest BCUT2D eigenvalue weighted by atomic mass is 35.5. The number of carbonyl (C=O) groups is 5. The summed E-state index contributed by atoms with van der Waals surface area (Å²) in [5.74, 6) is -6.23. The fourth-order valence-corrected chi connectivity index (χ4v) is 9.45. The van der Waals surface area contributed by atoms with Gasteiger partial charge in [0.05, 0.1) is 36.3 Å². The van der Waals surface area contributed by atoms with Crippen LogP contribution in [-0.4, -0.2) is 126 Å². The second-order valence-corrected chi connectivity index (χ2v) is 15.3. The number of fused-ring (bicyclic) bond motifs is 3. The number of thioether (sulfide) groups is 1. The molecular weight excluding hydrogens is 730 g/mol. The molecule has 0 aliphatic carbocycles. The van der Waals surface area contributed by atoms with E-state index in [4.69, 9.17) is 22.2 Å². The molecule has 2 unspecified atom stereocenters. The van der Waals surface area contributed by atoms with Crippen molar-refractivity contribution in [1.29, 1.82) is 0 Å². The first-order valence-corrected chi connectivity index (χ1v) is 18.2. The van der Waals surface area contributed by atoms with Crippen molar-refractivity contribution >= 4 is 75.2 Å². The van der Waals surface area contributed by atoms with E-state index in [0.29, 0.717) is 30.0 Å². The number of amides is 3. The number of β-lactam (4-membered cyclic amide) rings is 1. The standard InChI is InChI=1S/C31H34ClN7O10S2/c1-39(14-3-2-4-15(39)6-5-14)10-13-11-50-28-22(27(44)38(28)23(13)30(47)48)36-26(43)21(17-12-51-31(33)35-17)37-49-19(29(45)46)9-34-25(42)16-7-8-18(40)24(41)20(16)32/h7-8,12,14-15,19,22,28H,2-6,9-11H2,1H3,(H7-,33,34,35,36,37,40,41,42,43,45,46,47,48)/p+1/t14?,15?,19-,22+,28+,39?/m0/s1. The summed E-state index contributed by atoms with van der Waals surface area (Å²) >= 11 is 8.22. The normalized spacial score (nSPS) is 26.2. The lowest BCUT2D eigenvalue weighted by molar-refractivity contribution is -0.944. The molecule has 0 spiro atoms. The van der Waals surface area contributed by atoms with Crippen LogP contribution in [0.5, 0.6) is 11.5 Å². The van der Waals surface area contributed by atoms with Crippen molar-refractivity contribution in [3.63, 3.8) is 0 Å². The van der Waals surface area contributed by atoms with Crippen molar-refractivity contribution in [3.8, 4) is 11.5 Å². The smallest absolute Gasteiger partial charge is 0.352 e. The summed E-state index contributed by atoms with van der Waals surface area (Å²) in [5, 5.41) is 48.2. The number of thiazole rings is 1. The third kappa shape index (κ3) is 6.77. The number of carboxylic acids is 2. The van der Waals surface area contributed by atoms with Crippen LogP contribution in [0.25, 0.3) is 0 Å². The van der Waals surface area contributed by atoms with Gasteiger partial charge < -0.3 is 46.1 Å². The molecular formula is C31H35ClN7O10S2+. The zero-order chi connectivity index (χ0) is 36.8. The number of phenolic OH excluding ortho intramolecular Hbond substituents is 2. The van der Waals surface area contributed by atoms with E-state index in [9.17, 15) is 44.4 Å². The Balaban J connectivity index is 1.16. The average molecular weight is 765 g/mol. The van der Waals surface area contributed by atoms with Gasteiger partial charge in [-0.25, -0.2) is 14.6 Å². The van der Waals surface area contributed by atoms with Gasteiger partial charge in [-0.2, -0.15) is 0 Å². The van der Waals surface area contributed by atoms with E-state index in [1.165, 1.54) is 22.0 Å². The minimum absolute atomic E-state index is 0.0533. The van der Waals surface area contributed by atoms with E-state index in [0.717, 1.165) is 60.1 Å². The molecule has 4 aliphatic rings. The van der Waals surface area contributed by atoms with Gasteiger partial charge in [-0.1, -0.05) is 16.8 Å².